The van der Waals surface area contributed by atoms with Crippen molar-refractivity contribution in [2.24, 2.45) is 5.10 Å². The maximum absolute atomic E-state index is 12.2. The number of carbonyl (C=O) groups is 2. The van der Waals surface area contributed by atoms with Crippen molar-refractivity contribution in [2.75, 3.05) is 43.6 Å². The predicted octanol–water partition coefficient (Wildman–Crippen LogP) is 0.465. The summed E-state index contributed by atoms with van der Waals surface area (Å²) in [5, 5.41) is 7.97. The molecule has 1 saturated heterocycles. The molecular weight excluding hydrogens is 298 g/mol. The molecule has 3 rings (SSSR count). The zero-order valence-electron chi connectivity index (χ0n) is 13.0. The minimum atomic E-state index is -0.301. The molecule has 0 saturated carbocycles. The average Bonchev–Trinajstić information content (AvgIpc) is 2.59. The minimum absolute atomic E-state index is 0.0851. The van der Waals surface area contributed by atoms with Crippen molar-refractivity contribution in [1.29, 1.82) is 0 Å². The van der Waals surface area contributed by atoms with E-state index in [1.54, 1.807) is 13.2 Å². The van der Waals surface area contributed by atoms with Crippen LogP contribution in [0, 0.1) is 0 Å². The number of ether oxygens (including phenoxy) is 1. The molecule has 8 nitrogen and oxygen atoms in total. The molecule has 0 unspecified atom stereocenters. The Balaban J connectivity index is 1.63. The summed E-state index contributed by atoms with van der Waals surface area (Å²) in [5.41, 5.74) is 0.957. The lowest BCUT2D eigenvalue weighted by Crippen LogP contribution is -2.36. The van der Waals surface area contributed by atoms with Gasteiger partial charge in [-0.05, 0) is 12.1 Å². The van der Waals surface area contributed by atoms with E-state index in [4.69, 9.17) is 4.74 Å². The zero-order valence-corrected chi connectivity index (χ0v) is 13.0. The number of anilines is 2. The number of aromatic nitrogens is 1. The molecule has 1 aromatic rings. The van der Waals surface area contributed by atoms with Crippen LogP contribution in [0.2, 0.25) is 0 Å². The Hall–Kier alpha value is -2.48. The third-order valence-corrected chi connectivity index (χ3v) is 3.81. The number of hydrazone groups is 1. The monoisotopic (exact) mass is 317 g/mol. The number of nitrogens with zero attached hydrogens (tertiary/aromatic N) is 4. The Bertz CT molecular complexity index is 623. The van der Waals surface area contributed by atoms with Crippen molar-refractivity contribution >= 4 is 29.0 Å². The van der Waals surface area contributed by atoms with Gasteiger partial charge in [-0.3, -0.25) is 9.59 Å². The van der Waals surface area contributed by atoms with Crippen molar-refractivity contribution in [3.63, 3.8) is 0 Å². The SMILES string of the molecule is CN1N=C(C(=O)Nc2ccc(N3CCOCC3)nc2)CCC1=O. The summed E-state index contributed by atoms with van der Waals surface area (Å²) in [4.78, 5) is 30.1. The number of hydrogen-bond donors (Lipinski definition) is 1. The summed E-state index contributed by atoms with van der Waals surface area (Å²) < 4.78 is 5.31. The summed E-state index contributed by atoms with van der Waals surface area (Å²) in [7, 11) is 1.55. The van der Waals surface area contributed by atoms with E-state index in [1.165, 1.54) is 5.01 Å². The maximum atomic E-state index is 12.2. The van der Waals surface area contributed by atoms with Crippen molar-refractivity contribution < 1.29 is 14.3 Å². The fraction of sp³-hybridized carbons (Fsp3) is 0.467. The second kappa shape index (κ2) is 6.74. The van der Waals surface area contributed by atoms with E-state index in [0.717, 1.165) is 18.9 Å². The van der Waals surface area contributed by atoms with Gasteiger partial charge in [-0.1, -0.05) is 0 Å². The van der Waals surface area contributed by atoms with Gasteiger partial charge in [0.1, 0.15) is 11.5 Å². The van der Waals surface area contributed by atoms with Gasteiger partial charge in [0.2, 0.25) is 5.91 Å². The number of pyridine rings is 1. The largest absolute Gasteiger partial charge is 0.378 e. The quantitative estimate of drug-likeness (QED) is 0.875. The second-order valence-electron chi connectivity index (χ2n) is 5.42. The molecule has 1 aromatic heterocycles. The van der Waals surface area contributed by atoms with Crippen LogP contribution in [0.4, 0.5) is 11.5 Å². The Kier molecular flexibility index (Phi) is 4.52. The Morgan fingerprint density at radius 1 is 1.26 bits per heavy atom. The van der Waals surface area contributed by atoms with Crippen LogP contribution in [0.15, 0.2) is 23.4 Å². The lowest BCUT2D eigenvalue weighted by molar-refractivity contribution is -0.130. The highest BCUT2D eigenvalue weighted by atomic mass is 16.5. The third kappa shape index (κ3) is 3.65. The van der Waals surface area contributed by atoms with Gasteiger partial charge < -0.3 is 15.0 Å². The zero-order chi connectivity index (χ0) is 16.2. The van der Waals surface area contributed by atoms with Gasteiger partial charge in [-0.15, -0.1) is 0 Å². The number of nitrogens with one attached hydrogen (secondary N) is 1. The number of amides is 2. The average molecular weight is 317 g/mol. The molecule has 0 atom stereocenters. The Morgan fingerprint density at radius 2 is 2.04 bits per heavy atom. The molecule has 2 aliphatic rings. The van der Waals surface area contributed by atoms with Crippen LogP contribution in [0.3, 0.4) is 0 Å². The smallest absolute Gasteiger partial charge is 0.271 e. The fourth-order valence-electron chi connectivity index (χ4n) is 2.48. The minimum Gasteiger partial charge on any atom is -0.378 e. The molecule has 0 bridgehead atoms. The number of rotatable bonds is 3. The summed E-state index contributed by atoms with van der Waals surface area (Å²) in [6, 6.07) is 3.69. The van der Waals surface area contributed by atoms with Gasteiger partial charge in [0.25, 0.3) is 5.91 Å². The van der Waals surface area contributed by atoms with Gasteiger partial charge in [-0.2, -0.15) is 5.10 Å². The van der Waals surface area contributed by atoms with E-state index >= 15 is 0 Å². The molecule has 0 aliphatic carbocycles. The highest BCUT2D eigenvalue weighted by Gasteiger charge is 2.22. The van der Waals surface area contributed by atoms with Crippen LogP contribution in [0.5, 0.6) is 0 Å². The summed E-state index contributed by atoms with van der Waals surface area (Å²) in [6.45, 7) is 3.03. The lowest BCUT2D eigenvalue weighted by atomic mass is 10.1. The van der Waals surface area contributed by atoms with Crippen LogP contribution in [-0.2, 0) is 14.3 Å². The Morgan fingerprint density at radius 3 is 2.70 bits per heavy atom. The van der Waals surface area contributed by atoms with Crippen LogP contribution < -0.4 is 10.2 Å². The third-order valence-electron chi connectivity index (χ3n) is 3.81. The van der Waals surface area contributed by atoms with Crippen molar-refractivity contribution in [3.8, 4) is 0 Å². The maximum Gasteiger partial charge on any atom is 0.271 e. The van der Waals surface area contributed by atoms with E-state index in [2.05, 4.69) is 20.3 Å². The van der Waals surface area contributed by atoms with E-state index < -0.39 is 0 Å². The molecule has 2 aliphatic heterocycles. The van der Waals surface area contributed by atoms with Gasteiger partial charge in [0.15, 0.2) is 0 Å². The van der Waals surface area contributed by atoms with E-state index in [-0.39, 0.29) is 11.8 Å². The summed E-state index contributed by atoms with van der Waals surface area (Å²) in [5.74, 6) is 0.481. The van der Waals surface area contributed by atoms with Crippen molar-refractivity contribution in [2.45, 2.75) is 12.8 Å². The van der Waals surface area contributed by atoms with Gasteiger partial charge >= 0.3 is 0 Å². The highest BCUT2D eigenvalue weighted by molar-refractivity contribution is 6.43. The molecule has 0 spiro atoms. The number of hydrogen-bond acceptors (Lipinski definition) is 6. The summed E-state index contributed by atoms with van der Waals surface area (Å²) >= 11 is 0. The first-order valence-electron chi connectivity index (χ1n) is 7.57. The van der Waals surface area contributed by atoms with Gasteiger partial charge in [0, 0.05) is 33.0 Å². The molecule has 0 radical (unpaired) electrons. The first kappa shape index (κ1) is 15.4. The first-order valence-corrected chi connectivity index (χ1v) is 7.57. The topological polar surface area (TPSA) is 87.1 Å². The molecule has 0 aromatic carbocycles. The first-order chi connectivity index (χ1) is 11.1. The van der Waals surface area contributed by atoms with Crippen LogP contribution in [0.1, 0.15) is 12.8 Å². The van der Waals surface area contributed by atoms with Crippen molar-refractivity contribution in [3.05, 3.63) is 18.3 Å². The van der Waals surface area contributed by atoms with Crippen molar-refractivity contribution in [1.82, 2.24) is 9.99 Å². The molecule has 3 heterocycles. The molecule has 122 valence electrons. The molecule has 1 fully saturated rings. The standard InChI is InChI=1S/C15H19N5O3/c1-19-14(21)5-3-12(18-19)15(22)17-11-2-4-13(16-10-11)20-6-8-23-9-7-20/h2,4,10H,3,5-9H2,1H3,(H,17,22). The van der Waals surface area contributed by atoms with E-state index in [1.807, 2.05) is 12.1 Å². The highest BCUT2D eigenvalue weighted by Crippen LogP contribution is 2.16. The van der Waals surface area contributed by atoms with Gasteiger partial charge in [0.05, 0.1) is 25.1 Å². The molecule has 23 heavy (non-hydrogen) atoms. The lowest BCUT2D eigenvalue weighted by Gasteiger charge is -2.27. The van der Waals surface area contributed by atoms with E-state index in [0.29, 0.717) is 37.5 Å². The Labute approximate surface area is 134 Å². The predicted molar refractivity (Wildman–Crippen MR) is 85.3 cm³/mol. The van der Waals surface area contributed by atoms with E-state index in [9.17, 15) is 9.59 Å². The summed E-state index contributed by atoms with van der Waals surface area (Å²) in [6.07, 6.45) is 2.28. The fourth-order valence-corrected chi connectivity index (χ4v) is 2.48. The van der Waals surface area contributed by atoms with Gasteiger partial charge in [-0.25, -0.2) is 9.99 Å². The molecule has 8 heteroatoms. The second-order valence-corrected chi connectivity index (χ2v) is 5.42. The molecular formula is C15H19N5O3. The van der Waals surface area contributed by atoms with Crippen LogP contribution >= 0.6 is 0 Å². The molecule has 2 amide bonds. The van der Waals surface area contributed by atoms with Crippen LogP contribution in [-0.4, -0.2) is 60.9 Å². The normalized spacial score (nSPS) is 18.7. The molecule has 1 N–H and O–H groups in total. The number of carbonyl (C=O) groups excluding carboxylic acids is 2. The number of morpholine rings is 1. The van der Waals surface area contributed by atoms with Crippen LogP contribution in [0.25, 0.3) is 0 Å².